The molecule has 1 saturated carbocycles. The van der Waals surface area contributed by atoms with Crippen molar-refractivity contribution in [3.05, 3.63) is 21.9 Å². The van der Waals surface area contributed by atoms with Crippen LogP contribution in [0.15, 0.2) is 11.4 Å². The zero-order valence-electron chi connectivity index (χ0n) is 10.4. The third kappa shape index (κ3) is 3.34. The lowest BCUT2D eigenvalue weighted by Gasteiger charge is -2.11. The quantitative estimate of drug-likeness (QED) is 0.816. The first-order valence-electron chi connectivity index (χ1n) is 6.20. The number of thiophene rings is 1. The van der Waals surface area contributed by atoms with Crippen molar-refractivity contribution in [2.45, 2.75) is 32.2 Å². The second-order valence-electron chi connectivity index (χ2n) is 4.54. The number of rotatable bonds is 4. The summed E-state index contributed by atoms with van der Waals surface area (Å²) in [6, 6.07) is 2.10. The van der Waals surface area contributed by atoms with Crippen molar-refractivity contribution in [3.63, 3.8) is 0 Å². The molecule has 1 aliphatic carbocycles. The Morgan fingerprint density at radius 1 is 1.67 bits per heavy atom. The molecule has 0 spiro atoms. The lowest BCUT2D eigenvalue weighted by molar-refractivity contribution is 0.0940. The molecular weight excluding hydrogens is 246 g/mol. The molecular formula is C14H17NO2S. The van der Waals surface area contributed by atoms with Crippen molar-refractivity contribution < 1.29 is 9.90 Å². The smallest absolute Gasteiger partial charge is 0.262 e. The average molecular weight is 263 g/mol. The molecule has 0 bridgehead atoms. The third-order valence-electron chi connectivity index (χ3n) is 3.02. The molecule has 0 aliphatic heterocycles. The van der Waals surface area contributed by atoms with Crippen LogP contribution < -0.4 is 5.32 Å². The topological polar surface area (TPSA) is 49.3 Å². The van der Waals surface area contributed by atoms with E-state index in [-0.39, 0.29) is 18.6 Å². The molecule has 3 nitrogen and oxygen atoms in total. The van der Waals surface area contributed by atoms with Gasteiger partial charge in [-0.3, -0.25) is 4.79 Å². The molecule has 18 heavy (non-hydrogen) atoms. The molecule has 1 aromatic heterocycles. The van der Waals surface area contributed by atoms with E-state index in [1.54, 1.807) is 0 Å². The summed E-state index contributed by atoms with van der Waals surface area (Å²) in [5.41, 5.74) is 0.758. The number of hydrogen-bond donors (Lipinski definition) is 2. The number of aliphatic hydroxyl groups excluding tert-OH is 1. The van der Waals surface area contributed by atoms with Gasteiger partial charge >= 0.3 is 0 Å². The first kappa shape index (κ1) is 13.1. The monoisotopic (exact) mass is 263 g/mol. The Bertz CT molecular complexity index is 479. The van der Waals surface area contributed by atoms with E-state index in [0.29, 0.717) is 17.2 Å². The van der Waals surface area contributed by atoms with Crippen LogP contribution in [-0.4, -0.2) is 23.7 Å². The van der Waals surface area contributed by atoms with Crippen LogP contribution in [0.3, 0.4) is 0 Å². The van der Waals surface area contributed by atoms with Gasteiger partial charge in [0.25, 0.3) is 5.91 Å². The molecule has 1 heterocycles. The first-order chi connectivity index (χ1) is 8.72. The predicted molar refractivity (Wildman–Crippen MR) is 72.6 cm³/mol. The summed E-state index contributed by atoms with van der Waals surface area (Å²) in [4.78, 5) is 12.8. The Balaban J connectivity index is 2.01. The van der Waals surface area contributed by atoms with Gasteiger partial charge in [-0.2, -0.15) is 0 Å². The average Bonchev–Trinajstić information content (AvgIpc) is 3.10. The minimum atomic E-state index is -0.0299. The molecule has 0 aromatic carbocycles. The predicted octanol–water partition coefficient (Wildman–Crippen LogP) is 2.01. The number of hydrogen-bond acceptors (Lipinski definition) is 3. The number of amides is 1. The van der Waals surface area contributed by atoms with Gasteiger partial charge in [-0.1, -0.05) is 11.8 Å². The van der Waals surface area contributed by atoms with Crippen LogP contribution in [-0.2, 0) is 0 Å². The molecule has 96 valence electrons. The summed E-state index contributed by atoms with van der Waals surface area (Å²) in [6.45, 7) is 2.11. The van der Waals surface area contributed by atoms with Gasteiger partial charge in [-0.05, 0) is 37.1 Å². The summed E-state index contributed by atoms with van der Waals surface area (Å²) in [5.74, 6) is 6.40. The molecule has 2 N–H and O–H groups in total. The van der Waals surface area contributed by atoms with Crippen LogP contribution in [0.4, 0.5) is 0 Å². The number of aliphatic hydroxyl groups is 1. The van der Waals surface area contributed by atoms with Crippen molar-refractivity contribution in [2.24, 2.45) is 5.92 Å². The summed E-state index contributed by atoms with van der Waals surface area (Å²) in [7, 11) is 0. The van der Waals surface area contributed by atoms with E-state index >= 15 is 0 Å². The second kappa shape index (κ2) is 6.03. The van der Waals surface area contributed by atoms with Crippen LogP contribution in [0, 0.1) is 17.8 Å². The Morgan fingerprint density at radius 2 is 2.44 bits per heavy atom. The maximum absolute atomic E-state index is 12.1. The van der Waals surface area contributed by atoms with Gasteiger partial charge in [0.1, 0.15) is 4.88 Å². The molecule has 1 fully saturated rings. The highest BCUT2D eigenvalue weighted by Crippen LogP contribution is 2.32. The standard InChI is InChI=1S/C14H17NO2S/c1-10(11-5-6-11)15-14(17)13-12(7-9-18-13)4-2-3-8-16/h7,9-11,16H,3,5-6,8H2,1H3,(H,15,17). The number of nitrogens with one attached hydrogen (secondary N) is 1. The van der Waals surface area contributed by atoms with E-state index in [1.165, 1.54) is 24.2 Å². The lowest BCUT2D eigenvalue weighted by Crippen LogP contribution is -2.33. The van der Waals surface area contributed by atoms with Gasteiger partial charge in [-0.25, -0.2) is 0 Å². The zero-order chi connectivity index (χ0) is 13.0. The van der Waals surface area contributed by atoms with E-state index < -0.39 is 0 Å². The molecule has 1 unspecified atom stereocenters. The van der Waals surface area contributed by atoms with Gasteiger partial charge in [0.2, 0.25) is 0 Å². The highest BCUT2D eigenvalue weighted by molar-refractivity contribution is 7.12. The number of carbonyl (C=O) groups is 1. The van der Waals surface area contributed by atoms with Crippen LogP contribution in [0.25, 0.3) is 0 Å². The van der Waals surface area contributed by atoms with E-state index in [0.717, 1.165) is 5.56 Å². The Hall–Kier alpha value is -1.31. The van der Waals surface area contributed by atoms with E-state index in [9.17, 15) is 4.79 Å². The molecule has 0 saturated heterocycles. The fraction of sp³-hybridized carbons (Fsp3) is 0.500. The van der Waals surface area contributed by atoms with Crippen LogP contribution >= 0.6 is 11.3 Å². The van der Waals surface area contributed by atoms with Crippen molar-refractivity contribution in [3.8, 4) is 11.8 Å². The SMILES string of the molecule is CC(NC(=O)c1sccc1C#CCCO)C1CC1. The van der Waals surface area contributed by atoms with Gasteiger partial charge < -0.3 is 10.4 Å². The third-order valence-corrected chi connectivity index (χ3v) is 3.93. The minimum absolute atomic E-state index is 0.0299. The fourth-order valence-corrected chi connectivity index (χ4v) is 2.54. The Kier molecular flexibility index (Phi) is 4.40. The summed E-state index contributed by atoms with van der Waals surface area (Å²) < 4.78 is 0. The number of carbonyl (C=O) groups excluding carboxylic acids is 1. The Morgan fingerprint density at radius 3 is 3.11 bits per heavy atom. The largest absolute Gasteiger partial charge is 0.395 e. The lowest BCUT2D eigenvalue weighted by atomic mass is 10.2. The van der Waals surface area contributed by atoms with Crippen molar-refractivity contribution >= 4 is 17.2 Å². The van der Waals surface area contributed by atoms with Crippen molar-refractivity contribution in [2.75, 3.05) is 6.61 Å². The van der Waals surface area contributed by atoms with Gasteiger partial charge in [-0.15, -0.1) is 11.3 Å². The summed E-state index contributed by atoms with van der Waals surface area (Å²) in [6.07, 6.45) is 2.87. The van der Waals surface area contributed by atoms with E-state index in [4.69, 9.17) is 5.11 Å². The van der Waals surface area contributed by atoms with Crippen molar-refractivity contribution in [1.82, 2.24) is 5.32 Å². The van der Waals surface area contributed by atoms with Gasteiger partial charge in [0, 0.05) is 18.0 Å². The van der Waals surface area contributed by atoms with Crippen LogP contribution in [0.1, 0.15) is 41.4 Å². The summed E-state index contributed by atoms with van der Waals surface area (Å²) >= 11 is 1.41. The van der Waals surface area contributed by atoms with Gasteiger partial charge in [0.05, 0.1) is 6.61 Å². The van der Waals surface area contributed by atoms with Crippen LogP contribution in [0.5, 0.6) is 0 Å². The minimum Gasteiger partial charge on any atom is -0.395 e. The van der Waals surface area contributed by atoms with E-state index in [1.807, 2.05) is 11.4 Å². The highest BCUT2D eigenvalue weighted by atomic mass is 32.1. The second-order valence-corrected chi connectivity index (χ2v) is 5.45. The van der Waals surface area contributed by atoms with Crippen LogP contribution in [0.2, 0.25) is 0 Å². The maximum atomic E-state index is 12.1. The summed E-state index contributed by atoms with van der Waals surface area (Å²) in [5, 5.41) is 13.6. The molecule has 1 aromatic rings. The first-order valence-corrected chi connectivity index (χ1v) is 7.08. The van der Waals surface area contributed by atoms with E-state index in [2.05, 4.69) is 24.1 Å². The molecule has 4 heteroatoms. The maximum Gasteiger partial charge on any atom is 0.262 e. The highest BCUT2D eigenvalue weighted by Gasteiger charge is 2.29. The molecule has 0 radical (unpaired) electrons. The molecule has 1 aliphatic rings. The Labute approximate surface area is 111 Å². The molecule has 1 atom stereocenters. The molecule has 1 amide bonds. The normalized spacial score (nSPS) is 15.7. The van der Waals surface area contributed by atoms with Crippen molar-refractivity contribution in [1.29, 1.82) is 0 Å². The van der Waals surface area contributed by atoms with Gasteiger partial charge in [0.15, 0.2) is 0 Å². The fourth-order valence-electron chi connectivity index (χ4n) is 1.78. The molecule has 2 rings (SSSR count). The zero-order valence-corrected chi connectivity index (χ0v) is 11.2.